The zero-order chi connectivity index (χ0) is 13.6. The molecular weight excluding hydrogens is 264 g/mol. The van der Waals surface area contributed by atoms with E-state index in [0.29, 0.717) is 24.3 Å². The molecule has 0 aliphatic carbocycles. The van der Waals surface area contributed by atoms with Crippen LogP contribution in [0.4, 0.5) is 11.4 Å². The fraction of sp³-hybridized carbons (Fsp3) is 0.250. The van der Waals surface area contributed by atoms with Gasteiger partial charge in [0.2, 0.25) is 0 Å². The highest BCUT2D eigenvalue weighted by molar-refractivity contribution is 7.92. The van der Waals surface area contributed by atoms with Gasteiger partial charge >= 0.3 is 0 Å². The number of aromatic nitrogens is 2. The van der Waals surface area contributed by atoms with Gasteiger partial charge in [0, 0.05) is 13.6 Å². The molecule has 1 aliphatic rings. The van der Waals surface area contributed by atoms with Crippen molar-refractivity contribution in [3.05, 3.63) is 36.0 Å². The van der Waals surface area contributed by atoms with Gasteiger partial charge in [0.1, 0.15) is 0 Å². The molecule has 2 N–H and O–H groups in total. The molecule has 100 valence electrons. The van der Waals surface area contributed by atoms with E-state index in [1.807, 2.05) is 12.1 Å². The van der Waals surface area contributed by atoms with Crippen LogP contribution in [0.3, 0.4) is 0 Å². The summed E-state index contributed by atoms with van der Waals surface area (Å²) in [6.45, 7) is 0.414. The summed E-state index contributed by atoms with van der Waals surface area (Å²) >= 11 is 0. The van der Waals surface area contributed by atoms with Gasteiger partial charge in [-0.15, -0.1) is 0 Å². The predicted octanol–water partition coefficient (Wildman–Crippen LogP) is 0.754. The number of nitrogens with zero attached hydrogens (tertiary/aromatic N) is 3. The maximum Gasteiger partial charge on any atom is 0.281 e. The van der Waals surface area contributed by atoms with E-state index in [-0.39, 0.29) is 5.03 Å². The summed E-state index contributed by atoms with van der Waals surface area (Å²) in [6.07, 6.45) is 2.15. The second-order valence-corrected chi connectivity index (χ2v) is 6.28. The fourth-order valence-electron chi connectivity index (χ4n) is 2.42. The highest BCUT2D eigenvalue weighted by atomic mass is 32.2. The van der Waals surface area contributed by atoms with Crippen LogP contribution in [0.5, 0.6) is 0 Å². The number of nitrogens with two attached hydrogens (primary N) is 1. The Labute approximate surface area is 111 Å². The highest BCUT2D eigenvalue weighted by Gasteiger charge is 2.33. The summed E-state index contributed by atoms with van der Waals surface area (Å²) in [4.78, 5) is 0. The number of fused-ring (bicyclic) bond motifs is 1. The second kappa shape index (κ2) is 3.99. The van der Waals surface area contributed by atoms with Crippen LogP contribution < -0.4 is 10.0 Å². The van der Waals surface area contributed by atoms with Gasteiger partial charge in [0.15, 0.2) is 5.03 Å². The minimum Gasteiger partial charge on any atom is -0.397 e. The van der Waals surface area contributed by atoms with Crippen LogP contribution in [-0.4, -0.2) is 24.7 Å². The lowest BCUT2D eigenvalue weighted by Crippen LogP contribution is -2.31. The van der Waals surface area contributed by atoms with Crippen molar-refractivity contribution < 1.29 is 8.42 Å². The second-order valence-electron chi connectivity index (χ2n) is 4.48. The lowest BCUT2D eigenvalue weighted by molar-refractivity contribution is 0.573. The van der Waals surface area contributed by atoms with Crippen LogP contribution in [-0.2, 0) is 23.5 Å². The van der Waals surface area contributed by atoms with Gasteiger partial charge in [-0.1, -0.05) is 12.1 Å². The lowest BCUT2D eigenvalue weighted by Gasteiger charge is -2.20. The number of sulfonamides is 1. The standard InChI is InChI=1S/C12H14N4O2S/c1-15-11(5-7-14-15)19(17,18)16-8-6-9-3-2-4-10(13)12(9)16/h2-5,7H,6,8,13H2,1H3. The SMILES string of the molecule is Cn1nccc1S(=O)(=O)N1CCc2cccc(N)c21. The molecular formula is C12H14N4O2S. The summed E-state index contributed by atoms with van der Waals surface area (Å²) in [5.74, 6) is 0. The van der Waals surface area contributed by atoms with E-state index in [1.54, 1.807) is 13.1 Å². The van der Waals surface area contributed by atoms with Crippen LogP contribution in [0.25, 0.3) is 0 Å². The van der Waals surface area contributed by atoms with Crippen molar-refractivity contribution in [2.24, 2.45) is 7.05 Å². The molecule has 1 aromatic heterocycles. The number of hydrogen-bond acceptors (Lipinski definition) is 4. The van der Waals surface area contributed by atoms with Gasteiger partial charge < -0.3 is 5.73 Å². The number of benzene rings is 1. The van der Waals surface area contributed by atoms with Gasteiger partial charge in [0.05, 0.1) is 17.6 Å². The first-order valence-corrected chi connectivity index (χ1v) is 7.34. The molecule has 0 unspecified atom stereocenters. The quantitative estimate of drug-likeness (QED) is 0.822. The van der Waals surface area contributed by atoms with Gasteiger partial charge in [-0.25, -0.2) is 0 Å². The molecule has 1 aliphatic heterocycles. The van der Waals surface area contributed by atoms with Crippen molar-refractivity contribution in [1.29, 1.82) is 0 Å². The van der Waals surface area contributed by atoms with Gasteiger partial charge in [-0.2, -0.15) is 13.5 Å². The Balaban J connectivity index is 2.15. The Hall–Kier alpha value is -2.02. The molecule has 3 rings (SSSR count). The average molecular weight is 278 g/mol. The summed E-state index contributed by atoms with van der Waals surface area (Å²) in [7, 11) is -2.00. The number of hydrogen-bond donors (Lipinski definition) is 1. The van der Waals surface area contributed by atoms with Crippen molar-refractivity contribution in [1.82, 2.24) is 9.78 Å². The monoisotopic (exact) mass is 278 g/mol. The average Bonchev–Trinajstić information content (AvgIpc) is 2.96. The maximum absolute atomic E-state index is 12.6. The maximum atomic E-state index is 12.6. The van der Waals surface area contributed by atoms with E-state index in [4.69, 9.17) is 5.73 Å². The number of anilines is 2. The van der Waals surface area contributed by atoms with E-state index in [0.717, 1.165) is 5.56 Å². The molecule has 0 saturated carbocycles. The Morgan fingerprint density at radius 3 is 2.79 bits per heavy atom. The van der Waals surface area contributed by atoms with E-state index in [1.165, 1.54) is 21.3 Å². The molecule has 2 heterocycles. The molecule has 0 bridgehead atoms. The molecule has 19 heavy (non-hydrogen) atoms. The van der Waals surface area contributed by atoms with E-state index in [9.17, 15) is 8.42 Å². The van der Waals surface area contributed by atoms with E-state index in [2.05, 4.69) is 5.10 Å². The van der Waals surface area contributed by atoms with Crippen molar-refractivity contribution in [3.8, 4) is 0 Å². The van der Waals surface area contributed by atoms with E-state index < -0.39 is 10.0 Å². The Kier molecular flexibility index (Phi) is 2.53. The van der Waals surface area contributed by atoms with Gasteiger partial charge in [-0.3, -0.25) is 8.99 Å². The molecule has 7 heteroatoms. The highest BCUT2D eigenvalue weighted by Crippen LogP contribution is 2.37. The summed E-state index contributed by atoms with van der Waals surface area (Å²) < 4.78 is 28.0. The van der Waals surface area contributed by atoms with Crippen molar-refractivity contribution in [2.75, 3.05) is 16.6 Å². The predicted molar refractivity (Wildman–Crippen MR) is 72.3 cm³/mol. The number of nitrogen functional groups attached to an aromatic ring is 1. The third-order valence-corrected chi connectivity index (χ3v) is 5.19. The zero-order valence-electron chi connectivity index (χ0n) is 10.4. The first-order valence-electron chi connectivity index (χ1n) is 5.90. The fourth-order valence-corrected chi connectivity index (χ4v) is 4.05. The molecule has 0 spiro atoms. The number of rotatable bonds is 2. The first-order chi connectivity index (χ1) is 9.01. The molecule has 0 fully saturated rings. The third kappa shape index (κ3) is 1.69. The molecule has 6 nitrogen and oxygen atoms in total. The molecule has 2 aromatic rings. The minimum atomic E-state index is -3.61. The zero-order valence-corrected chi connectivity index (χ0v) is 11.3. The topological polar surface area (TPSA) is 81.2 Å². The van der Waals surface area contributed by atoms with Crippen molar-refractivity contribution >= 4 is 21.4 Å². The van der Waals surface area contributed by atoms with E-state index >= 15 is 0 Å². The Morgan fingerprint density at radius 2 is 2.11 bits per heavy atom. The molecule has 0 saturated heterocycles. The van der Waals surface area contributed by atoms with Crippen molar-refractivity contribution in [2.45, 2.75) is 11.4 Å². The summed E-state index contributed by atoms with van der Waals surface area (Å²) in [5.41, 5.74) is 7.97. The molecule has 0 amide bonds. The molecule has 0 atom stereocenters. The number of para-hydroxylation sites is 1. The first kappa shape index (κ1) is 12.0. The van der Waals surface area contributed by atoms with Crippen LogP contribution in [0.1, 0.15) is 5.56 Å². The summed E-state index contributed by atoms with van der Waals surface area (Å²) in [5, 5.41) is 4.08. The number of aryl methyl sites for hydroxylation is 1. The van der Waals surface area contributed by atoms with Crippen LogP contribution in [0, 0.1) is 0 Å². The largest absolute Gasteiger partial charge is 0.397 e. The van der Waals surface area contributed by atoms with Crippen LogP contribution in [0.2, 0.25) is 0 Å². The lowest BCUT2D eigenvalue weighted by atomic mass is 10.1. The van der Waals surface area contributed by atoms with Crippen molar-refractivity contribution in [3.63, 3.8) is 0 Å². The molecule has 1 aromatic carbocycles. The van der Waals surface area contributed by atoms with Gasteiger partial charge in [-0.05, 0) is 24.1 Å². The Morgan fingerprint density at radius 1 is 1.32 bits per heavy atom. The van der Waals surface area contributed by atoms with Crippen LogP contribution in [0.15, 0.2) is 35.5 Å². The van der Waals surface area contributed by atoms with Gasteiger partial charge in [0.25, 0.3) is 10.0 Å². The summed E-state index contributed by atoms with van der Waals surface area (Å²) in [6, 6.07) is 6.96. The minimum absolute atomic E-state index is 0.170. The smallest absolute Gasteiger partial charge is 0.281 e. The normalized spacial score (nSPS) is 14.7. The Bertz CT molecular complexity index is 736. The molecule has 0 radical (unpaired) electrons. The third-order valence-electron chi connectivity index (χ3n) is 3.31. The van der Waals surface area contributed by atoms with Crippen LogP contribution >= 0.6 is 0 Å².